The van der Waals surface area contributed by atoms with Crippen LogP contribution in [-0.2, 0) is 9.84 Å². The molecule has 1 fully saturated rings. The second kappa shape index (κ2) is 4.59. The maximum atomic E-state index is 11.8. The summed E-state index contributed by atoms with van der Waals surface area (Å²) in [6.45, 7) is 1.55. The highest BCUT2D eigenvalue weighted by Gasteiger charge is 2.57. The fourth-order valence-electron chi connectivity index (χ4n) is 2.36. The Balaban J connectivity index is 2.26. The van der Waals surface area contributed by atoms with Gasteiger partial charge in [0, 0.05) is 29.2 Å². The molecule has 0 spiro atoms. The molecule has 0 aromatic heterocycles. The molecule has 0 aliphatic heterocycles. The van der Waals surface area contributed by atoms with Gasteiger partial charge in [-0.1, -0.05) is 30.7 Å². The van der Waals surface area contributed by atoms with Crippen molar-refractivity contribution in [3.05, 3.63) is 34.9 Å². The Bertz CT molecular complexity index is 495. The molecule has 1 aliphatic carbocycles. The number of aliphatic hydroxyl groups excluding tert-OH is 1. The summed E-state index contributed by atoms with van der Waals surface area (Å²) in [5, 5.41) is 9.43. The lowest BCUT2D eigenvalue weighted by atomic mass is 10.1. The van der Waals surface area contributed by atoms with Gasteiger partial charge in [0.1, 0.15) is 0 Å². The first-order valence-electron chi connectivity index (χ1n) is 5.59. The van der Waals surface area contributed by atoms with Crippen LogP contribution in [0.3, 0.4) is 0 Å². The lowest BCUT2D eigenvalue weighted by Crippen LogP contribution is -2.13. The zero-order valence-electron chi connectivity index (χ0n) is 9.51. The number of benzene rings is 1. The Hall–Kier alpha value is -0.580. The predicted octanol–water partition coefficient (Wildman–Crippen LogP) is 1.85. The SMILES string of the molecule is CCS(=O)(=O)C1C(CO)C1c1ccc(Cl)cc1. The molecule has 0 amide bonds. The van der Waals surface area contributed by atoms with Crippen molar-refractivity contribution in [3.8, 4) is 0 Å². The third-order valence-corrected chi connectivity index (χ3v) is 5.91. The first-order valence-corrected chi connectivity index (χ1v) is 7.68. The molecule has 1 aromatic rings. The lowest BCUT2D eigenvalue weighted by molar-refractivity contribution is 0.274. The van der Waals surface area contributed by atoms with E-state index in [2.05, 4.69) is 0 Å². The maximum Gasteiger partial charge on any atom is 0.153 e. The van der Waals surface area contributed by atoms with Crippen LogP contribution in [0.5, 0.6) is 0 Å². The van der Waals surface area contributed by atoms with Gasteiger partial charge in [0.25, 0.3) is 0 Å². The Labute approximate surface area is 106 Å². The molecule has 0 bridgehead atoms. The van der Waals surface area contributed by atoms with E-state index in [1.54, 1.807) is 19.1 Å². The standard InChI is InChI=1S/C12H15ClO3S/c1-2-17(15,16)12-10(7-14)11(12)8-3-5-9(13)6-4-8/h3-6,10-12,14H,2,7H2,1H3. The van der Waals surface area contributed by atoms with Crippen molar-refractivity contribution in [1.29, 1.82) is 0 Å². The summed E-state index contributed by atoms with van der Waals surface area (Å²) in [6.07, 6.45) is 0. The average molecular weight is 275 g/mol. The number of sulfone groups is 1. The number of aliphatic hydroxyl groups is 1. The number of hydrogen-bond donors (Lipinski definition) is 1. The van der Waals surface area contributed by atoms with Crippen molar-refractivity contribution in [2.75, 3.05) is 12.4 Å². The van der Waals surface area contributed by atoms with Gasteiger partial charge in [-0.15, -0.1) is 0 Å². The van der Waals surface area contributed by atoms with Gasteiger partial charge in [-0.3, -0.25) is 0 Å². The van der Waals surface area contributed by atoms with E-state index in [1.165, 1.54) is 0 Å². The first kappa shape index (κ1) is 12.9. The Morgan fingerprint density at radius 1 is 1.29 bits per heavy atom. The van der Waals surface area contributed by atoms with E-state index in [1.807, 2.05) is 12.1 Å². The van der Waals surface area contributed by atoms with Crippen LogP contribution in [0.1, 0.15) is 18.4 Å². The fourth-order valence-corrected chi connectivity index (χ4v) is 4.38. The molecule has 1 aromatic carbocycles. The minimum atomic E-state index is -3.09. The molecule has 1 saturated carbocycles. The van der Waals surface area contributed by atoms with Gasteiger partial charge in [0.05, 0.1) is 5.25 Å². The summed E-state index contributed by atoms with van der Waals surface area (Å²) in [5.41, 5.74) is 0.940. The highest BCUT2D eigenvalue weighted by atomic mass is 35.5. The summed E-state index contributed by atoms with van der Waals surface area (Å²) in [6, 6.07) is 7.17. The zero-order chi connectivity index (χ0) is 12.6. The largest absolute Gasteiger partial charge is 0.396 e. The highest BCUT2D eigenvalue weighted by Crippen LogP contribution is 2.52. The maximum absolute atomic E-state index is 11.8. The molecule has 17 heavy (non-hydrogen) atoms. The molecule has 3 unspecified atom stereocenters. The van der Waals surface area contributed by atoms with Gasteiger partial charge in [-0.2, -0.15) is 0 Å². The molecule has 1 aliphatic rings. The Kier molecular flexibility index (Phi) is 3.48. The van der Waals surface area contributed by atoms with Gasteiger partial charge in [0.2, 0.25) is 0 Å². The minimum Gasteiger partial charge on any atom is -0.396 e. The third kappa shape index (κ3) is 2.34. The van der Waals surface area contributed by atoms with Crippen LogP contribution in [0.15, 0.2) is 24.3 Å². The number of rotatable bonds is 4. The number of halogens is 1. The van der Waals surface area contributed by atoms with Crippen LogP contribution in [0.4, 0.5) is 0 Å². The van der Waals surface area contributed by atoms with E-state index in [-0.39, 0.29) is 24.2 Å². The van der Waals surface area contributed by atoms with Crippen LogP contribution in [0, 0.1) is 5.92 Å². The van der Waals surface area contributed by atoms with Crippen molar-refractivity contribution < 1.29 is 13.5 Å². The van der Waals surface area contributed by atoms with Gasteiger partial charge in [-0.25, -0.2) is 8.42 Å². The normalized spacial score (nSPS) is 28.1. The van der Waals surface area contributed by atoms with Crippen molar-refractivity contribution in [2.24, 2.45) is 5.92 Å². The quantitative estimate of drug-likeness (QED) is 0.912. The van der Waals surface area contributed by atoms with Crippen molar-refractivity contribution in [2.45, 2.75) is 18.1 Å². The molecule has 5 heteroatoms. The minimum absolute atomic E-state index is 0.0813. The van der Waals surface area contributed by atoms with Gasteiger partial charge in [-0.05, 0) is 17.7 Å². The third-order valence-electron chi connectivity index (χ3n) is 3.38. The zero-order valence-corrected chi connectivity index (χ0v) is 11.1. The molecule has 94 valence electrons. The van der Waals surface area contributed by atoms with Crippen LogP contribution in [-0.4, -0.2) is 31.1 Å². The smallest absolute Gasteiger partial charge is 0.153 e. The molecule has 0 radical (unpaired) electrons. The summed E-state index contributed by atoms with van der Waals surface area (Å²) < 4.78 is 23.7. The van der Waals surface area contributed by atoms with E-state index in [4.69, 9.17) is 11.6 Å². The van der Waals surface area contributed by atoms with E-state index in [0.717, 1.165) is 5.56 Å². The van der Waals surface area contributed by atoms with Crippen LogP contribution in [0.2, 0.25) is 5.02 Å². The summed E-state index contributed by atoms with van der Waals surface area (Å²) in [4.78, 5) is 0. The topological polar surface area (TPSA) is 54.4 Å². The molecular formula is C12H15ClO3S. The number of hydrogen-bond acceptors (Lipinski definition) is 3. The van der Waals surface area contributed by atoms with Crippen molar-refractivity contribution >= 4 is 21.4 Å². The second-order valence-electron chi connectivity index (χ2n) is 4.34. The molecular weight excluding hydrogens is 260 g/mol. The molecule has 3 nitrogen and oxygen atoms in total. The van der Waals surface area contributed by atoms with E-state index in [9.17, 15) is 13.5 Å². The summed E-state index contributed by atoms with van der Waals surface area (Å²) >= 11 is 5.79. The average Bonchev–Trinajstić information content (AvgIpc) is 3.05. The van der Waals surface area contributed by atoms with E-state index < -0.39 is 15.1 Å². The summed E-state index contributed by atoms with van der Waals surface area (Å²) in [7, 11) is -3.09. The van der Waals surface area contributed by atoms with Gasteiger partial charge in [0.15, 0.2) is 9.84 Å². The Morgan fingerprint density at radius 3 is 2.35 bits per heavy atom. The molecule has 1 N–H and O–H groups in total. The van der Waals surface area contributed by atoms with Crippen LogP contribution < -0.4 is 0 Å². The fraction of sp³-hybridized carbons (Fsp3) is 0.500. The monoisotopic (exact) mass is 274 g/mol. The van der Waals surface area contributed by atoms with E-state index in [0.29, 0.717) is 5.02 Å². The van der Waals surface area contributed by atoms with Crippen molar-refractivity contribution in [1.82, 2.24) is 0 Å². The van der Waals surface area contributed by atoms with E-state index >= 15 is 0 Å². The lowest BCUT2D eigenvalue weighted by Gasteiger charge is -2.00. The first-order chi connectivity index (χ1) is 8.01. The van der Waals surface area contributed by atoms with Gasteiger partial charge >= 0.3 is 0 Å². The Morgan fingerprint density at radius 2 is 1.88 bits per heavy atom. The summed E-state index contributed by atoms with van der Waals surface area (Å²) in [5.74, 6) is -0.124. The predicted molar refractivity (Wildman–Crippen MR) is 68.0 cm³/mol. The molecule has 3 atom stereocenters. The van der Waals surface area contributed by atoms with Gasteiger partial charge < -0.3 is 5.11 Å². The molecule has 0 saturated heterocycles. The van der Waals surface area contributed by atoms with Crippen LogP contribution in [0.25, 0.3) is 0 Å². The molecule has 2 rings (SSSR count). The second-order valence-corrected chi connectivity index (χ2v) is 7.22. The highest BCUT2D eigenvalue weighted by molar-refractivity contribution is 7.92. The van der Waals surface area contributed by atoms with Crippen LogP contribution >= 0.6 is 11.6 Å². The van der Waals surface area contributed by atoms with Crippen molar-refractivity contribution in [3.63, 3.8) is 0 Å². The molecule has 0 heterocycles.